The first-order chi connectivity index (χ1) is 11.2. The Labute approximate surface area is 144 Å². The molecule has 3 N–H and O–H groups in total. The van der Waals surface area contributed by atoms with Crippen molar-refractivity contribution in [3.8, 4) is 0 Å². The van der Waals surface area contributed by atoms with Gasteiger partial charge in [0, 0.05) is 19.6 Å². The molecule has 0 saturated carbocycles. The largest absolute Gasteiger partial charge is 0.397 e. The summed E-state index contributed by atoms with van der Waals surface area (Å²) < 4.78 is 20.0. The zero-order chi connectivity index (χ0) is 18.3. The first kappa shape index (κ1) is 20.2. The summed E-state index contributed by atoms with van der Waals surface area (Å²) in [5.41, 5.74) is 6.51. The van der Waals surface area contributed by atoms with Gasteiger partial charge < -0.3 is 20.7 Å². The Morgan fingerprint density at radius 3 is 2.50 bits per heavy atom. The fourth-order valence-corrected chi connectivity index (χ4v) is 2.31. The first-order valence-electron chi connectivity index (χ1n) is 8.45. The SMILES string of the molecule is CCCN(CCOC(C)(C)C)C(=O)c1cc(N)c(NCC)cc1F. The van der Waals surface area contributed by atoms with Gasteiger partial charge in [0.25, 0.3) is 5.91 Å². The molecule has 1 aromatic rings. The molecule has 0 spiro atoms. The zero-order valence-electron chi connectivity index (χ0n) is 15.4. The molecule has 0 fully saturated rings. The number of rotatable bonds is 8. The molecule has 0 saturated heterocycles. The van der Waals surface area contributed by atoms with E-state index in [4.69, 9.17) is 10.5 Å². The number of benzene rings is 1. The number of nitrogens with zero attached hydrogens (tertiary/aromatic N) is 1. The third-order valence-electron chi connectivity index (χ3n) is 3.41. The van der Waals surface area contributed by atoms with Crippen LogP contribution in [0.5, 0.6) is 0 Å². The molecular weight excluding hydrogens is 309 g/mol. The summed E-state index contributed by atoms with van der Waals surface area (Å²) in [5, 5.41) is 2.98. The second-order valence-corrected chi connectivity index (χ2v) is 6.70. The molecule has 0 heterocycles. The minimum absolute atomic E-state index is 0.00152. The molecule has 0 aliphatic heterocycles. The number of halogens is 1. The van der Waals surface area contributed by atoms with Crippen molar-refractivity contribution in [2.75, 3.05) is 37.3 Å². The summed E-state index contributed by atoms with van der Waals surface area (Å²) in [5.74, 6) is -0.926. The Bertz CT molecular complexity index is 556. The van der Waals surface area contributed by atoms with Crippen LogP contribution in [-0.2, 0) is 4.74 Å². The molecule has 136 valence electrons. The highest BCUT2D eigenvalue weighted by Gasteiger charge is 2.21. The van der Waals surface area contributed by atoms with Crippen LogP contribution in [0, 0.1) is 5.82 Å². The number of nitrogens with two attached hydrogens (primary N) is 1. The van der Waals surface area contributed by atoms with Gasteiger partial charge in [0.1, 0.15) is 5.82 Å². The quantitative estimate of drug-likeness (QED) is 0.711. The zero-order valence-corrected chi connectivity index (χ0v) is 15.4. The van der Waals surface area contributed by atoms with E-state index in [0.717, 1.165) is 6.42 Å². The molecule has 0 radical (unpaired) electrons. The van der Waals surface area contributed by atoms with E-state index in [1.165, 1.54) is 12.1 Å². The third kappa shape index (κ3) is 6.00. The van der Waals surface area contributed by atoms with E-state index in [-0.39, 0.29) is 17.1 Å². The molecule has 1 rings (SSSR count). The maximum absolute atomic E-state index is 14.3. The highest BCUT2D eigenvalue weighted by atomic mass is 19.1. The number of hydrogen-bond donors (Lipinski definition) is 2. The minimum atomic E-state index is -0.567. The lowest BCUT2D eigenvalue weighted by atomic mass is 10.1. The molecule has 6 heteroatoms. The smallest absolute Gasteiger partial charge is 0.256 e. The van der Waals surface area contributed by atoms with Crippen molar-refractivity contribution in [3.05, 3.63) is 23.5 Å². The van der Waals surface area contributed by atoms with Crippen LogP contribution in [0.3, 0.4) is 0 Å². The van der Waals surface area contributed by atoms with E-state index >= 15 is 0 Å². The standard InChI is InChI=1S/C18H30FN3O2/c1-6-8-22(9-10-24-18(3,4)5)17(23)13-11-15(20)16(21-7-2)12-14(13)19/h11-12,21H,6-10,20H2,1-5H3. The summed E-state index contributed by atoms with van der Waals surface area (Å²) in [6.45, 7) is 11.7. The Morgan fingerprint density at radius 1 is 1.29 bits per heavy atom. The average molecular weight is 339 g/mol. The number of nitrogen functional groups attached to an aromatic ring is 1. The van der Waals surface area contributed by atoms with Crippen molar-refractivity contribution in [1.29, 1.82) is 0 Å². The lowest BCUT2D eigenvalue weighted by Gasteiger charge is -2.26. The minimum Gasteiger partial charge on any atom is -0.397 e. The summed E-state index contributed by atoms with van der Waals surface area (Å²) in [6, 6.07) is 2.69. The molecule has 0 aliphatic carbocycles. The highest BCUT2D eigenvalue weighted by Crippen LogP contribution is 2.24. The second kappa shape index (κ2) is 8.87. The van der Waals surface area contributed by atoms with Gasteiger partial charge in [-0.15, -0.1) is 0 Å². The maximum atomic E-state index is 14.3. The van der Waals surface area contributed by atoms with Crippen LogP contribution in [-0.4, -0.2) is 42.6 Å². The van der Waals surface area contributed by atoms with Gasteiger partial charge in [-0.1, -0.05) is 6.92 Å². The van der Waals surface area contributed by atoms with Crippen molar-refractivity contribution >= 4 is 17.3 Å². The molecular formula is C18H30FN3O2. The van der Waals surface area contributed by atoms with Gasteiger partial charge in [-0.05, 0) is 46.2 Å². The van der Waals surface area contributed by atoms with Gasteiger partial charge >= 0.3 is 0 Å². The van der Waals surface area contributed by atoms with E-state index in [0.29, 0.717) is 37.6 Å². The number of ether oxygens (including phenoxy) is 1. The monoisotopic (exact) mass is 339 g/mol. The summed E-state index contributed by atoms with van der Waals surface area (Å²) >= 11 is 0. The van der Waals surface area contributed by atoms with Crippen molar-refractivity contribution < 1.29 is 13.9 Å². The van der Waals surface area contributed by atoms with Crippen LogP contribution in [0.4, 0.5) is 15.8 Å². The number of hydrogen-bond acceptors (Lipinski definition) is 4. The maximum Gasteiger partial charge on any atom is 0.256 e. The van der Waals surface area contributed by atoms with Crippen LogP contribution in [0.15, 0.2) is 12.1 Å². The van der Waals surface area contributed by atoms with E-state index in [2.05, 4.69) is 5.32 Å². The predicted molar refractivity (Wildman–Crippen MR) is 96.9 cm³/mol. The van der Waals surface area contributed by atoms with Crippen LogP contribution < -0.4 is 11.1 Å². The molecule has 0 atom stereocenters. The number of nitrogens with one attached hydrogen (secondary N) is 1. The third-order valence-corrected chi connectivity index (χ3v) is 3.41. The van der Waals surface area contributed by atoms with Gasteiger partial charge in [-0.3, -0.25) is 4.79 Å². The Balaban J connectivity index is 2.92. The topological polar surface area (TPSA) is 67.6 Å². The van der Waals surface area contributed by atoms with E-state index in [1.807, 2.05) is 34.6 Å². The van der Waals surface area contributed by atoms with Gasteiger partial charge in [0.2, 0.25) is 0 Å². The van der Waals surface area contributed by atoms with Crippen LogP contribution in [0.2, 0.25) is 0 Å². The van der Waals surface area contributed by atoms with Crippen LogP contribution in [0.25, 0.3) is 0 Å². The Morgan fingerprint density at radius 2 is 1.96 bits per heavy atom. The molecule has 24 heavy (non-hydrogen) atoms. The van der Waals surface area contributed by atoms with Crippen molar-refractivity contribution in [3.63, 3.8) is 0 Å². The number of amides is 1. The van der Waals surface area contributed by atoms with E-state index < -0.39 is 5.82 Å². The number of carbonyl (C=O) groups is 1. The van der Waals surface area contributed by atoms with Gasteiger partial charge in [0.15, 0.2) is 0 Å². The van der Waals surface area contributed by atoms with Crippen molar-refractivity contribution in [1.82, 2.24) is 4.90 Å². The molecule has 0 unspecified atom stereocenters. The fourth-order valence-electron chi connectivity index (χ4n) is 2.31. The number of carbonyl (C=O) groups excluding carboxylic acids is 1. The first-order valence-corrected chi connectivity index (χ1v) is 8.45. The van der Waals surface area contributed by atoms with Gasteiger partial charge in [-0.25, -0.2) is 4.39 Å². The van der Waals surface area contributed by atoms with E-state index in [9.17, 15) is 9.18 Å². The van der Waals surface area contributed by atoms with Gasteiger partial charge in [0.05, 0.1) is 29.1 Å². The fraction of sp³-hybridized carbons (Fsp3) is 0.611. The lowest BCUT2D eigenvalue weighted by Crippen LogP contribution is -2.36. The molecule has 1 aromatic carbocycles. The van der Waals surface area contributed by atoms with Crippen LogP contribution in [0.1, 0.15) is 51.4 Å². The lowest BCUT2D eigenvalue weighted by molar-refractivity contribution is -0.0118. The molecule has 0 aliphatic rings. The predicted octanol–water partition coefficient (Wildman–Crippen LogP) is 3.51. The summed E-state index contributed by atoms with van der Waals surface area (Å²) in [6.07, 6.45) is 0.786. The number of anilines is 2. The molecule has 0 bridgehead atoms. The van der Waals surface area contributed by atoms with Crippen molar-refractivity contribution in [2.45, 2.75) is 46.6 Å². The normalized spacial score (nSPS) is 11.4. The summed E-state index contributed by atoms with van der Waals surface area (Å²) in [4.78, 5) is 14.3. The molecule has 1 amide bonds. The van der Waals surface area contributed by atoms with Crippen molar-refractivity contribution in [2.24, 2.45) is 0 Å². The Hall–Kier alpha value is -1.82. The highest BCUT2D eigenvalue weighted by molar-refractivity contribution is 5.96. The second-order valence-electron chi connectivity index (χ2n) is 6.70. The Kier molecular flexibility index (Phi) is 7.48. The average Bonchev–Trinajstić information content (AvgIpc) is 2.48. The molecule has 5 nitrogen and oxygen atoms in total. The summed E-state index contributed by atoms with van der Waals surface area (Å²) in [7, 11) is 0. The molecule has 0 aromatic heterocycles. The van der Waals surface area contributed by atoms with Crippen LogP contribution >= 0.6 is 0 Å². The van der Waals surface area contributed by atoms with Gasteiger partial charge in [-0.2, -0.15) is 0 Å². The van der Waals surface area contributed by atoms with E-state index in [1.54, 1.807) is 4.90 Å².